The number of nitrogens with one attached hydrogen (secondary N) is 2. The lowest BCUT2D eigenvalue weighted by molar-refractivity contribution is -0.244. The number of hydrogen-bond acceptors (Lipinski definition) is 9. The van der Waals surface area contributed by atoms with Crippen molar-refractivity contribution in [1.29, 1.82) is 0 Å². The first-order chi connectivity index (χ1) is 18.8. The van der Waals surface area contributed by atoms with Gasteiger partial charge in [0.1, 0.15) is 35.9 Å². The third-order valence-corrected chi connectivity index (χ3v) is 6.51. The molecule has 1 aliphatic heterocycles. The van der Waals surface area contributed by atoms with Crippen LogP contribution < -0.4 is 15.4 Å². The summed E-state index contributed by atoms with van der Waals surface area (Å²) < 4.78 is 11.7. The lowest BCUT2D eigenvalue weighted by atomic mass is 9.97. The average molecular weight is 531 g/mol. The van der Waals surface area contributed by atoms with Gasteiger partial charge in [0.25, 0.3) is 0 Å². The van der Waals surface area contributed by atoms with Crippen LogP contribution >= 0.6 is 0 Å². The first-order valence-electron chi connectivity index (χ1n) is 12.6. The van der Waals surface area contributed by atoms with Crippen molar-refractivity contribution in [2.24, 2.45) is 0 Å². The van der Waals surface area contributed by atoms with Gasteiger partial charge in [-0.15, -0.1) is 0 Å². The molecule has 1 amide bonds. The Morgan fingerprint density at radius 1 is 1.00 bits per heavy atom. The maximum Gasteiger partial charge on any atom is 0.223 e. The number of rotatable bonds is 7. The van der Waals surface area contributed by atoms with E-state index in [1.165, 1.54) is 6.92 Å². The molecule has 0 unspecified atom stereocenters. The molecular formula is C29H30N4O6. The fourth-order valence-corrected chi connectivity index (χ4v) is 4.49. The summed E-state index contributed by atoms with van der Waals surface area (Å²) in [6, 6.07) is 21.7. The minimum absolute atomic E-state index is 0.373. The number of carbonyl (C=O) groups excluding carboxylic acids is 1. The Labute approximate surface area is 225 Å². The van der Waals surface area contributed by atoms with Crippen molar-refractivity contribution in [3.8, 4) is 17.1 Å². The third-order valence-electron chi connectivity index (χ3n) is 6.51. The van der Waals surface area contributed by atoms with E-state index in [1.807, 2.05) is 61.5 Å². The number of anilines is 2. The quantitative estimate of drug-likeness (QED) is 0.243. The number of carbonyl (C=O) groups is 1. The largest absolute Gasteiger partial charge is 0.462 e. The van der Waals surface area contributed by atoms with E-state index in [0.717, 1.165) is 22.0 Å². The number of aryl methyl sites for hydroxylation is 1. The zero-order valence-corrected chi connectivity index (χ0v) is 21.5. The van der Waals surface area contributed by atoms with Gasteiger partial charge in [0, 0.05) is 29.6 Å². The molecule has 0 spiro atoms. The van der Waals surface area contributed by atoms with Crippen molar-refractivity contribution in [3.05, 3.63) is 78.4 Å². The summed E-state index contributed by atoms with van der Waals surface area (Å²) in [5, 5.41) is 37.2. The van der Waals surface area contributed by atoms with Crippen LogP contribution in [0.4, 0.5) is 11.5 Å². The highest BCUT2D eigenvalue weighted by Crippen LogP contribution is 2.30. The van der Waals surface area contributed by atoms with Gasteiger partial charge < -0.3 is 35.4 Å². The Hall–Kier alpha value is -4.09. The molecule has 1 fully saturated rings. The molecule has 10 nitrogen and oxygen atoms in total. The van der Waals surface area contributed by atoms with E-state index in [-0.39, 0.29) is 0 Å². The van der Waals surface area contributed by atoms with Crippen LogP contribution in [0.2, 0.25) is 0 Å². The van der Waals surface area contributed by atoms with Crippen LogP contribution in [0.1, 0.15) is 12.5 Å². The molecule has 0 saturated carbocycles. The van der Waals surface area contributed by atoms with Gasteiger partial charge in [0.15, 0.2) is 5.82 Å². The molecule has 4 aromatic rings. The van der Waals surface area contributed by atoms with Gasteiger partial charge in [-0.3, -0.25) is 4.79 Å². The molecule has 5 N–H and O–H groups in total. The van der Waals surface area contributed by atoms with Crippen LogP contribution in [0.5, 0.6) is 5.75 Å². The molecular weight excluding hydrogens is 500 g/mol. The summed E-state index contributed by atoms with van der Waals surface area (Å²) in [6.45, 7) is 2.78. The van der Waals surface area contributed by atoms with Crippen LogP contribution in [0.25, 0.3) is 22.3 Å². The number of fused-ring (bicyclic) bond motifs is 1. The lowest BCUT2D eigenvalue weighted by Crippen LogP contribution is -2.65. The topological polar surface area (TPSA) is 146 Å². The van der Waals surface area contributed by atoms with Crippen LogP contribution in [0, 0.1) is 6.92 Å². The second-order valence-corrected chi connectivity index (χ2v) is 9.48. The van der Waals surface area contributed by atoms with Gasteiger partial charge >= 0.3 is 0 Å². The SMILES string of the molecule is CC(=O)N[C@H]1[C@H](Oc2cccc(Nc3nc(-c4ccc(C)cc4)nc4ccccc34)c2)O[C@@H](CO)[C@@H](O)[C@H]1O. The first kappa shape index (κ1) is 26.5. The zero-order chi connectivity index (χ0) is 27.5. The monoisotopic (exact) mass is 530 g/mol. The van der Waals surface area contributed by atoms with E-state index < -0.39 is 43.2 Å². The summed E-state index contributed by atoms with van der Waals surface area (Å²) in [4.78, 5) is 21.3. The highest BCUT2D eigenvalue weighted by atomic mass is 16.7. The normalized spacial score (nSPS) is 22.8. The van der Waals surface area contributed by atoms with Gasteiger partial charge in [-0.25, -0.2) is 9.97 Å². The number of aromatic nitrogens is 2. The average Bonchev–Trinajstić information content (AvgIpc) is 2.93. The van der Waals surface area contributed by atoms with Gasteiger partial charge in [-0.1, -0.05) is 48.0 Å². The molecule has 5 rings (SSSR count). The minimum Gasteiger partial charge on any atom is -0.462 e. The van der Waals surface area contributed by atoms with Crippen molar-refractivity contribution < 1.29 is 29.6 Å². The smallest absolute Gasteiger partial charge is 0.223 e. The van der Waals surface area contributed by atoms with Crippen molar-refractivity contribution in [3.63, 3.8) is 0 Å². The molecule has 10 heteroatoms. The molecule has 1 aromatic heterocycles. The second kappa shape index (κ2) is 11.3. The van der Waals surface area contributed by atoms with Crippen LogP contribution in [0.3, 0.4) is 0 Å². The first-order valence-corrected chi connectivity index (χ1v) is 12.6. The number of aliphatic hydroxyl groups excluding tert-OH is 3. The number of benzene rings is 3. The standard InChI is InChI=1S/C29H30N4O6/c1-16-10-12-18(13-11-16)27-32-22-9-4-3-8-21(22)28(33-27)31-19-6-5-7-20(14-19)38-29-24(30-17(2)35)26(37)25(36)23(15-34)39-29/h3-14,23-26,29,34,36-37H,15H2,1-2H3,(H,30,35)(H,31,32,33)/t23-,24+,25+,26-,29+/m0/s1. The number of hydrogen-bond donors (Lipinski definition) is 5. The Bertz CT molecular complexity index is 1460. The summed E-state index contributed by atoms with van der Waals surface area (Å²) in [5.74, 6) is 1.14. The lowest BCUT2D eigenvalue weighted by Gasteiger charge is -2.42. The Morgan fingerprint density at radius 3 is 2.51 bits per heavy atom. The van der Waals surface area contributed by atoms with E-state index in [1.54, 1.807) is 18.2 Å². The maximum absolute atomic E-state index is 11.7. The molecule has 0 bridgehead atoms. The highest BCUT2D eigenvalue weighted by Gasteiger charge is 2.46. The van der Waals surface area contributed by atoms with E-state index in [9.17, 15) is 20.1 Å². The predicted octanol–water partition coefficient (Wildman–Crippen LogP) is 2.67. The van der Waals surface area contributed by atoms with Crippen molar-refractivity contribution in [2.75, 3.05) is 11.9 Å². The van der Waals surface area contributed by atoms with E-state index >= 15 is 0 Å². The van der Waals surface area contributed by atoms with Crippen molar-refractivity contribution in [2.45, 2.75) is 44.5 Å². The summed E-state index contributed by atoms with van der Waals surface area (Å²) in [6.07, 6.45) is -5.04. The van der Waals surface area contributed by atoms with Crippen molar-refractivity contribution >= 4 is 28.3 Å². The Balaban J connectivity index is 1.43. The second-order valence-electron chi connectivity index (χ2n) is 9.48. The number of nitrogens with zero attached hydrogens (tertiary/aromatic N) is 2. The van der Waals surface area contributed by atoms with E-state index in [4.69, 9.17) is 19.4 Å². The summed E-state index contributed by atoms with van der Waals surface area (Å²) in [5.41, 5.74) is 3.49. The van der Waals surface area contributed by atoms with Crippen LogP contribution in [-0.2, 0) is 9.53 Å². The maximum atomic E-state index is 11.7. The molecule has 1 aliphatic rings. The molecule has 0 radical (unpaired) electrons. The highest BCUT2D eigenvalue weighted by molar-refractivity contribution is 5.92. The molecule has 202 valence electrons. The predicted molar refractivity (Wildman–Crippen MR) is 145 cm³/mol. The van der Waals surface area contributed by atoms with Crippen LogP contribution in [0.15, 0.2) is 72.8 Å². The summed E-state index contributed by atoms with van der Waals surface area (Å²) in [7, 11) is 0. The van der Waals surface area contributed by atoms with E-state index in [0.29, 0.717) is 23.1 Å². The molecule has 2 heterocycles. The van der Waals surface area contributed by atoms with Gasteiger partial charge in [0.05, 0.1) is 12.1 Å². The van der Waals surface area contributed by atoms with Gasteiger partial charge in [0.2, 0.25) is 12.2 Å². The summed E-state index contributed by atoms with van der Waals surface area (Å²) >= 11 is 0. The Morgan fingerprint density at radius 2 is 1.77 bits per heavy atom. The molecule has 0 aliphatic carbocycles. The number of aliphatic hydroxyl groups is 3. The molecule has 3 aromatic carbocycles. The number of para-hydroxylation sites is 1. The molecule has 39 heavy (non-hydrogen) atoms. The fraction of sp³-hybridized carbons (Fsp3) is 0.276. The van der Waals surface area contributed by atoms with Crippen LogP contribution in [-0.4, -0.2) is 68.4 Å². The molecule has 5 atom stereocenters. The van der Waals surface area contributed by atoms with E-state index in [2.05, 4.69) is 10.6 Å². The minimum atomic E-state index is -1.40. The fourth-order valence-electron chi connectivity index (χ4n) is 4.49. The Kier molecular flexibility index (Phi) is 7.71. The van der Waals surface area contributed by atoms with Gasteiger partial charge in [-0.2, -0.15) is 0 Å². The third kappa shape index (κ3) is 5.84. The van der Waals surface area contributed by atoms with Gasteiger partial charge in [-0.05, 0) is 31.2 Å². The zero-order valence-electron chi connectivity index (χ0n) is 21.5. The molecule has 1 saturated heterocycles. The number of ether oxygens (including phenoxy) is 2. The van der Waals surface area contributed by atoms with Crippen molar-refractivity contribution in [1.82, 2.24) is 15.3 Å². The number of amides is 1.